The third-order valence-electron chi connectivity index (χ3n) is 5.45. The molecular formula is C28H31Br3N2O6. The van der Waals surface area contributed by atoms with E-state index in [-0.39, 0.29) is 92.7 Å². The predicted molar refractivity (Wildman–Crippen MR) is 160 cm³/mol. The quantitative estimate of drug-likeness (QED) is 0.129. The summed E-state index contributed by atoms with van der Waals surface area (Å²) >= 11 is 9.56. The Labute approximate surface area is 255 Å². The fourth-order valence-corrected chi connectivity index (χ4v) is 4.46. The Kier molecular flexibility index (Phi) is 18.5. The number of hydrogen-bond acceptors (Lipinski definition) is 6. The van der Waals surface area contributed by atoms with Crippen LogP contribution in [0.15, 0.2) is 0 Å². The maximum absolute atomic E-state index is 12.3. The second-order valence-corrected chi connectivity index (χ2v) is 9.64. The Morgan fingerprint density at radius 3 is 1.33 bits per heavy atom. The van der Waals surface area contributed by atoms with Crippen LogP contribution in [0.5, 0.6) is 0 Å². The molecule has 0 aliphatic heterocycles. The Balaban J connectivity index is 3.99. The van der Waals surface area contributed by atoms with Crippen LogP contribution in [0.1, 0.15) is 39.8 Å². The molecule has 1 rings (SSSR count). The number of amides is 2. The number of ether oxygens (including phenoxy) is 3. The van der Waals surface area contributed by atoms with Crippen molar-refractivity contribution in [3.63, 3.8) is 0 Å². The SMILES string of the molecule is C#CCOCc1c(CCC(=O)CBr)c(COCC#C)c(CNC(=O)CBr)c(COCC#C)c1CNC(=O)CBr. The zero-order chi connectivity index (χ0) is 29.0. The largest absolute Gasteiger partial charge is 0.364 e. The molecule has 39 heavy (non-hydrogen) atoms. The molecular weight excluding hydrogens is 700 g/mol. The van der Waals surface area contributed by atoms with Gasteiger partial charge >= 0.3 is 0 Å². The lowest BCUT2D eigenvalue weighted by atomic mass is 9.84. The highest BCUT2D eigenvalue weighted by atomic mass is 79.9. The third kappa shape index (κ3) is 12.3. The minimum absolute atomic E-state index is 0.00528. The Morgan fingerprint density at radius 1 is 0.615 bits per heavy atom. The number of carbonyl (C=O) groups excluding carboxylic acids is 3. The van der Waals surface area contributed by atoms with E-state index in [0.29, 0.717) is 12.0 Å². The number of alkyl halides is 3. The van der Waals surface area contributed by atoms with Crippen molar-refractivity contribution in [3.05, 3.63) is 33.4 Å². The van der Waals surface area contributed by atoms with E-state index in [0.717, 1.165) is 27.8 Å². The van der Waals surface area contributed by atoms with Crippen molar-refractivity contribution in [1.29, 1.82) is 0 Å². The molecule has 0 unspecified atom stereocenters. The fraction of sp³-hybridized carbons (Fsp3) is 0.464. The third-order valence-corrected chi connectivity index (χ3v) is 7.10. The van der Waals surface area contributed by atoms with E-state index in [2.05, 4.69) is 76.2 Å². The molecule has 0 fully saturated rings. The number of benzene rings is 1. The van der Waals surface area contributed by atoms with Crippen molar-refractivity contribution in [1.82, 2.24) is 10.6 Å². The van der Waals surface area contributed by atoms with E-state index in [1.807, 2.05) is 0 Å². The van der Waals surface area contributed by atoms with Crippen LogP contribution in [0.2, 0.25) is 0 Å². The van der Waals surface area contributed by atoms with E-state index in [9.17, 15) is 14.4 Å². The van der Waals surface area contributed by atoms with Crippen molar-refractivity contribution in [3.8, 4) is 37.0 Å². The molecule has 1 aromatic rings. The first-order valence-electron chi connectivity index (χ1n) is 11.8. The van der Waals surface area contributed by atoms with Gasteiger partial charge in [0.15, 0.2) is 0 Å². The number of ketones is 1. The van der Waals surface area contributed by atoms with Crippen LogP contribution >= 0.6 is 47.8 Å². The van der Waals surface area contributed by atoms with Crippen LogP contribution in [0.25, 0.3) is 0 Å². The van der Waals surface area contributed by atoms with Crippen molar-refractivity contribution in [2.24, 2.45) is 0 Å². The molecule has 0 spiro atoms. The summed E-state index contributed by atoms with van der Waals surface area (Å²) in [5, 5.41) is 6.19. The maximum Gasteiger partial charge on any atom is 0.230 e. The van der Waals surface area contributed by atoms with Gasteiger partial charge in [-0.1, -0.05) is 65.6 Å². The second-order valence-electron chi connectivity index (χ2n) is 7.96. The number of hydrogen-bond donors (Lipinski definition) is 2. The molecule has 0 aliphatic rings. The van der Waals surface area contributed by atoms with E-state index < -0.39 is 0 Å². The van der Waals surface area contributed by atoms with Gasteiger partial charge in [-0.3, -0.25) is 14.4 Å². The van der Waals surface area contributed by atoms with Gasteiger partial charge in [0.05, 0.1) is 35.8 Å². The molecule has 210 valence electrons. The summed E-state index contributed by atoms with van der Waals surface area (Å²) in [5.74, 6) is 6.91. The van der Waals surface area contributed by atoms with Gasteiger partial charge in [0, 0.05) is 19.5 Å². The lowest BCUT2D eigenvalue weighted by Crippen LogP contribution is -2.29. The molecule has 0 aromatic heterocycles. The topological polar surface area (TPSA) is 103 Å². The van der Waals surface area contributed by atoms with Crippen LogP contribution in [0.3, 0.4) is 0 Å². The van der Waals surface area contributed by atoms with E-state index in [4.69, 9.17) is 33.5 Å². The molecule has 0 saturated carbocycles. The van der Waals surface area contributed by atoms with Gasteiger partial charge in [-0.15, -0.1) is 19.3 Å². The number of rotatable bonds is 19. The first-order chi connectivity index (χ1) is 18.9. The minimum Gasteiger partial charge on any atom is -0.364 e. The summed E-state index contributed by atoms with van der Waals surface area (Å²) in [7, 11) is 0. The van der Waals surface area contributed by atoms with Gasteiger partial charge in [0.2, 0.25) is 11.8 Å². The molecule has 0 bridgehead atoms. The first kappa shape index (κ1) is 34.9. The average Bonchev–Trinajstić information content (AvgIpc) is 2.95. The van der Waals surface area contributed by atoms with E-state index in [1.54, 1.807) is 0 Å². The lowest BCUT2D eigenvalue weighted by molar-refractivity contribution is -0.119. The number of carbonyl (C=O) groups is 3. The van der Waals surface area contributed by atoms with Crippen molar-refractivity contribution in [2.45, 2.75) is 45.8 Å². The maximum atomic E-state index is 12.3. The molecule has 0 radical (unpaired) electrons. The predicted octanol–water partition coefficient (Wildman–Crippen LogP) is 3.05. The second kappa shape index (κ2) is 20.7. The summed E-state index contributed by atoms with van der Waals surface area (Å²) in [6.45, 7) is 0.752. The summed E-state index contributed by atoms with van der Waals surface area (Å²) in [6, 6.07) is 0. The van der Waals surface area contributed by atoms with E-state index in [1.165, 1.54) is 0 Å². The van der Waals surface area contributed by atoms with E-state index >= 15 is 0 Å². The van der Waals surface area contributed by atoms with Crippen LogP contribution < -0.4 is 10.6 Å². The number of terminal acetylenes is 3. The Hall–Kier alpha value is -2.17. The summed E-state index contributed by atoms with van der Waals surface area (Å²) in [5.41, 5.74) is 4.45. The molecule has 2 N–H and O–H groups in total. The zero-order valence-corrected chi connectivity index (χ0v) is 26.3. The number of Topliss-reactive ketones (excluding diaryl/α,β-unsaturated/α-hetero) is 1. The molecule has 1 aromatic carbocycles. The van der Waals surface area contributed by atoms with Gasteiger partial charge in [-0.25, -0.2) is 0 Å². The average molecular weight is 731 g/mol. The highest BCUT2D eigenvalue weighted by Gasteiger charge is 2.25. The first-order valence-corrected chi connectivity index (χ1v) is 15.2. The van der Waals surface area contributed by atoms with Crippen molar-refractivity contribution in [2.75, 3.05) is 35.8 Å². The number of halogens is 3. The lowest BCUT2D eigenvalue weighted by Gasteiger charge is -2.27. The number of nitrogens with one attached hydrogen (secondary N) is 2. The van der Waals surface area contributed by atoms with Gasteiger partial charge in [-0.2, -0.15) is 0 Å². The van der Waals surface area contributed by atoms with Crippen LogP contribution in [-0.2, 0) is 67.9 Å². The minimum atomic E-state index is -0.229. The Bertz CT molecular complexity index is 959. The fourth-order valence-electron chi connectivity index (χ4n) is 3.78. The monoisotopic (exact) mass is 728 g/mol. The molecule has 0 aliphatic carbocycles. The summed E-state index contributed by atoms with van der Waals surface area (Å²) in [6.07, 6.45) is 16.9. The van der Waals surface area contributed by atoms with Gasteiger partial charge in [-0.05, 0) is 39.8 Å². The molecule has 0 heterocycles. The van der Waals surface area contributed by atoms with Crippen molar-refractivity contribution >= 4 is 65.4 Å². The van der Waals surface area contributed by atoms with Crippen LogP contribution in [0, 0.1) is 37.0 Å². The highest BCUT2D eigenvalue weighted by molar-refractivity contribution is 9.09. The van der Waals surface area contributed by atoms with Gasteiger partial charge < -0.3 is 24.8 Å². The standard InChI is InChI=1S/C28H31Br3N2O6/c1-4-9-37-17-24-21(8-7-20(34)12-29)25(18-38-10-5-2)23(16-33-28(36)14-31)26(19-39-11-6-3)22(24)15-32-27(35)13-30/h1-3H,7-19H2,(H,32,35)(H,33,36). The smallest absolute Gasteiger partial charge is 0.230 e. The van der Waals surface area contributed by atoms with Gasteiger partial charge in [0.1, 0.15) is 25.6 Å². The summed E-state index contributed by atoms with van der Waals surface area (Å²) in [4.78, 5) is 36.8. The molecule has 11 heteroatoms. The normalized spacial score (nSPS) is 10.3. The molecule has 8 nitrogen and oxygen atoms in total. The summed E-state index contributed by atoms with van der Waals surface area (Å²) < 4.78 is 17.3. The molecule has 0 saturated heterocycles. The van der Waals surface area contributed by atoms with Crippen molar-refractivity contribution < 1.29 is 28.6 Å². The Morgan fingerprint density at radius 2 is 1.00 bits per heavy atom. The zero-order valence-electron chi connectivity index (χ0n) is 21.5. The van der Waals surface area contributed by atoms with Crippen LogP contribution in [0.4, 0.5) is 0 Å². The van der Waals surface area contributed by atoms with Gasteiger partial charge in [0.25, 0.3) is 0 Å². The molecule has 0 atom stereocenters. The highest BCUT2D eigenvalue weighted by Crippen LogP contribution is 2.32. The molecule has 2 amide bonds. The van der Waals surface area contributed by atoms with Crippen LogP contribution in [-0.4, -0.2) is 53.4 Å².